The van der Waals surface area contributed by atoms with E-state index < -0.39 is 59.8 Å². The van der Waals surface area contributed by atoms with Crippen LogP contribution in [-0.4, -0.2) is 101 Å². The first kappa shape index (κ1) is 32.1. The topological polar surface area (TPSA) is 164 Å². The lowest BCUT2D eigenvalue weighted by Crippen LogP contribution is -2.56. The Morgan fingerprint density at radius 1 is 0.978 bits per heavy atom. The molecule has 0 aromatic heterocycles. The van der Waals surface area contributed by atoms with Gasteiger partial charge in [-0.25, -0.2) is 14.4 Å². The summed E-state index contributed by atoms with van der Waals surface area (Å²) in [7, 11) is 0. The zero-order valence-electron chi connectivity index (χ0n) is 26.1. The van der Waals surface area contributed by atoms with E-state index in [1.807, 2.05) is 24.3 Å². The van der Waals surface area contributed by atoms with E-state index in [1.54, 1.807) is 4.90 Å². The Morgan fingerprint density at radius 3 is 2.50 bits per heavy atom. The molecule has 4 aliphatic heterocycles. The monoisotopic (exact) mass is 640 g/mol. The number of carbonyl (C=O) groups excluding carboxylic acids is 4. The summed E-state index contributed by atoms with van der Waals surface area (Å²) in [6, 6.07) is 5.88. The van der Waals surface area contributed by atoms with Gasteiger partial charge in [0.2, 0.25) is 11.8 Å². The molecule has 0 spiro atoms. The normalized spacial score (nSPS) is 31.7. The second kappa shape index (κ2) is 13.9. The van der Waals surface area contributed by atoms with Crippen molar-refractivity contribution in [2.75, 3.05) is 26.3 Å². The Morgan fingerprint density at radius 2 is 1.74 bits per heavy atom. The molecular formula is C33H44N4O9. The first-order valence-electron chi connectivity index (χ1n) is 16.7. The maximum absolute atomic E-state index is 14.1. The number of alkyl carbamates (subject to hydrolysis) is 1. The number of fused-ring (bicyclic) bond motifs is 3. The molecule has 1 aliphatic carbocycles. The van der Waals surface area contributed by atoms with Gasteiger partial charge in [-0.15, -0.1) is 0 Å². The highest BCUT2D eigenvalue weighted by atomic mass is 16.6. The van der Waals surface area contributed by atoms with Crippen molar-refractivity contribution >= 4 is 30.0 Å². The van der Waals surface area contributed by atoms with Crippen LogP contribution in [0.25, 0.3) is 0 Å². The van der Waals surface area contributed by atoms with E-state index in [0.29, 0.717) is 64.8 Å². The minimum absolute atomic E-state index is 0.0185. The number of ether oxygens (including phenoxy) is 3. The molecular weight excluding hydrogens is 596 g/mol. The molecule has 3 saturated heterocycles. The van der Waals surface area contributed by atoms with Crippen LogP contribution in [0.2, 0.25) is 0 Å². The number of carbonyl (C=O) groups is 5. The number of hydrogen-bond acceptors (Lipinski definition) is 8. The first-order valence-corrected chi connectivity index (χ1v) is 16.7. The van der Waals surface area contributed by atoms with Gasteiger partial charge in [-0.1, -0.05) is 56.4 Å². The number of hydrogen-bond donors (Lipinski definition) is 3. The molecule has 46 heavy (non-hydrogen) atoms. The van der Waals surface area contributed by atoms with Gasteiger partial charge in [0.05, 0.1) is 19.8 Å². The molecule has 5 aliphatic rings. The zero-order valence-corrected chi connectivity index (χ0v) is 26.1. The van der Waals surface area contributed by atoms with E-state index in [0.717, 1.165) is 31.2 Å². The van der Waals surface area contributed by atoms with Crippen LogP contribution in [0, 0.1) is 5.92 Å². The molecule has 1 aromatic rings. The molecule has 1 saturated carbocycles. The van der Waals surface area contributed by atoms with E-state index in [-0.39, 0.29) is 18.9 Å². The zero-order chi connectivity index (χ0) is 32.3. The van der Waals surface area contributed by atoms with Crippen molar-refractivity contribution in [2.24, 2.45) is 5.92 Å². The van der Waals surface area contributed by atoms with Crippen LogP contribution in [0.3, 0.4) is 0 Å². The highest BCUT2D eigenvalue weighted by Gasteiger charge is 2.62. The number of carboxylic acid groups (broad SMARTS) is 1. The van der Waals surface area contributed by atoms with Crippen molar-refractivity contribution in [2.45, 2.75) is 107 Å². The third-order valence-corrected chi connectivity index (χ3v) is 10.1. The Bertz CT molecular complexity index is 1330. The number of carboxylic acids is 1. The van der Waals surface area contributed by atoms with Crippen molar-refractivity contribution in [3.05, 3.63) is 35.4 Å². The van der Waals surface area contributed by atoms with Crippen LogP contribution in [0.4, 0.5) is 9.59 Å². The molecule has 4 fully saturated rings. The maximum atomic E-state index is 14.1. The smallest absolute Gasteiger partial charge is 0.410 e. The quantitative estimate of drug-likeness (QED) is 0.449. The number of rotatable bonds is 4. The standard InChI is InChI=1S/C33H44N4O9/c38-28-27-16-25(46-32(43)36-14-12-21-8-6-7-9-22(21)18-36)19-37(27)29(39)26(34-31(42)45-24-13-15-44-20-24)11-5-3-1-2-4-10-23-17-33(23,35-28)30(40)41/h6-9,23-27H,1-5,10-20H2,(H,34,42)(H,35,38)(H,40,41)/t23-,24+,25-,26+,27+,33-/m1/s1. The van der Waals surface area contributed by atoms with Crippen LogP contribution < -0.4 is 10.6 Å². The molecule has 0 bridgehead atoms. The number of nitrogens with zero attached hydrogens (tertiary/aromatic N) is 2. The molecule has 0 unspecified atom stereocenters. The highest BCUT2D eigenvalue weighted by molar-refractivity contribution is 5.96. The first-order chi connectivity index (χ1) is 22.2. The lowest BCUT2D eigenvalue weighted by molar-refractivity contribution is -0.146. The van der Waals surface area contributed by atoms with E-state index in [1.165, 1.54) is 10.5 Å². The third-order valence-electron chi connectivity index (χ3n) is 10.1. The van der Waals surface area contributed by atoms with Crippen LogP contribution in [0.15, 0.2) is 24.3 Å². The minimum Gasteiger partial charge on any atom is -0.479 e. The van der Waals surface area contributed by atoms with Gasteiger partial charge < -0.3 is 39.8 Å². The summed E-state index contributed by atoms with van der Waals surface area (Å²) in [5.74, 6) is -2.35. The molecule has 4 amide bonds. The van der Waals surface area contributed by atoms with E-state index >= 15 is 0 Å². The van der Waals surface area contributed by atoms with E-state index in [4.69, 9.17) is 14.2 Å². The number of benzene rings is 1. The average Bonchev–Trinajstić information content (AvgIpc) is 3.32. The summed E-state index contributed by atoms with van der Waals surface area (Å²) < 4.78 is 16.7. The molecule has 1 aromatic carbocycles. The van der Waals surface area contributed by atoms with Crippen molar-refractivity contribution in [3.63, 3.8) is 0 Å². The van der Waals surface area contributed by atoms with Gasteiger partial charge in [0.25, 0.3) is 0 Å². The fourth-order valence-electron chi connectivity index (χ4n) is 7.35. The van der Waals surface area contributed by atoms with Crippen LogP contribution in [-0.2, 0) is 41.6 Å². The fourth-order valence-corrected chi connectivity index (χ4v) is 7.35. The summed E-state index contributed by atoms with van der Waals surface area (Å²) >= 11 is 0. The molecule has 0 radical (unpaired) electrons. The van der Waals surface area contributed by atoms with Gasteiger partial charge in [-0.05, 0) is 42.7 Å². The summed E-state index contributed by atoms with van der Waals surface area (Å²) in [6.07, 6.45) is 4.40. The lowest BCUT2D eigenvalue weighted by Gasteiger charge is -2.30. The van der Waals surface area contributed by atoms with Crippen molar-refractivity contribution in [1.29, 1.82) is 0 Å². The predicted octanol–water partition coefficient (Wildman–Crippen LogP) is 2.74. The van der Waals surface area contributed by atoms with Crippen LogP contribution in [0.1, 0.15) is 75.3 Å². The Labute approximate surface area is 268 Å². The van der Waals surface area contributed by atoms with Gasteiger partial charge >= 0.3 is 18.2 Å². The fraction of sp³-hybridized carbons (Fsp3) is 0.667. The van der Waals surface area contributed by atoms with Crippen molar-refractivity contribution in [1.82, 2.24) is 20.4 Å². The Kier molecular flexibility index (Phi) is 9.67. The maximum Gasteiger partial charge on any atom is 0.410 e. The Hall–Kier alpha value is -3.87. The van der Waals surface area contributed by atoms with Crippen molar-refractivity contribution < 1.29 is 43.3 Å². The lowest BCUT2D eigenvalue weighted by atomic mass is 10.0. The second-order valence-corrected chi connectivity index (χ2v) is 13.3. The number of aliphatic carboxylic acids is 1. The summed E-state index contributed by atoms with van der Waals surface area (Å²) in [6.45, 7) is 1.62. The molecule has 6 rings (SSSR count). The summed E-state index contributed by atoms with van der Waals surface area (Å²) in [5, 5.41) is 15.6. The SMILES string of the molecule is O=C(N[C@H]1CCCCCCC[C@@H]2C[C@@]2(C(=O)O)NC(=O)[C@@H]2C[C@@H](OC(=O)N3CCc4ccccc4C3)CN2C1=O)O[C@H]1CCOC1. The summed E-state index contributed by atoms with van der Waals surface area (Å²) in [4.78, 5) is 69.4. The van der Waals surface area contributed by atoms with Crippen molar-refractivity contribution in [3.8, 4) is 0 Å². The molecule has 3 N–H and O–H groups in total. The molecule has 13 heteroatoms. The van der Waals surface area contributed by atoms with Gasteiger partial charge in [0.1, 0.15) is 29.8 Å². The van der Waals surface area contributed by atoms with Gasteiger partial charge in [-0.2, -0.15) is 0 Å². The summed E-state index contributed by atoms with van der Waals surface area (Å²) in [5.41, 5.74) is 0.860. The van der Waals surface area contributed by atoms with Crippen LogP contribution >= 0.6 is 0 Å². The number of nitrogens with one attached hydrogen (secondary N) is 2. The van der Waals surface area contributed by atoms with Gasteiger partial charge in [-0.3, -0.25) is 9.59 Å². The van der Waals surface area contributed by atoms with Crippen LogP contribution in [0.5, 0.6) is 0 Å². The van der Waals surface area contributed by atoms with E-state index in [9.17, 15) is 29.1 Å². The second-order valence-electron chi connectivity index (χ2n) is 13.3. The molecule has 4 heterocycles. The Balaban J connectivity index is 1.20. The minimum atomic E-state index is -1.37. The highest BCUT2D eigenvalue weighted by Crippen LogP contribution is 2.47. The largest absolute Gasteiger partial charge is 0.479 e. The molecule has 250 valence electrons. The number of amides is 4. The van der Waals surface area contributed by atoms with E-state index in [2.05, 4.69) is 10.6 Å². The van der Waals surface area contributed by atoms with Gasteiger partial charge in [0, 0.05) is 25.9 Å². The molecule has 13 nitrogen and oxygen atoms in total. The molecule has 6 atom stereocenters. The average molecular weight is 641 g/mol. The third kappa shape index (κ3) is 7.08. The predicted molar refractivity (Wildman–Crippen MR) is 163 cm³/mol. The van der Waals surface area contributed by atoms with Gasteiger partial charge in [0.15, 0.2) is 0 Å².